The van der Waals surface area contributed by atoms with Crippen LogP contribution in [-0.2, 0) is 5.41 Å². The van der Waals surface area contributed by atoms with Gasteiger partial charge in [0.1, 0.15) is 0 Å². The molecule has 2 aromatic heterocycles. The highest BCUT2D eigenvalue weighted by Crippen LogP contribution is 2.58. The van der Waals surface area contributed by atoms with E-state index in [1.165, 1.54) is 33.0 Å². The summed E-state index contributed by atoms with van der Waals surface area (Å²) in [5.41, 5.74) is 15.9. The summed E-state index contributed by atoms with van der Waals surface area (Å²) in [6.45, 7) is 0. The Bertz CT molecular complexity index is 3660. The lowest BCUT2D eigenvalue weighted by atomic mass is 9.67. The third kappa shape index (κ3) is 6.88. The van der Waals surface area contributed by atoms with Gasteiger partial charge in [0.25, 0.3) is 0 Å². The van der Waals surface area contributed by atoms with E-state index in [4.69, 9.17) is 15.0 Å². The summed E-state index contributed by atoms with van der Waals surface area (Å²) in [5, 5.41) is 12.3. The molecule has 1 unspecified atom stereocenters. The molecule has 0 radical (unpaired) electrons. The fourth-order valence-corrected chi connectivity index (χ4v) is 9.96. The van der Waals surface area contributed by atoms with Crippen LogP contribution in [0.5, 0.6) is 0 Å². The molecule has 11 aromatic rings. The minimum atomic E-state index is -0.687. The van der Waals surface area contributed by atoms with E-state index < -0.39 is 5.41 Å². The van der Waals surface area contributed by atoms with Gasteiger partial charge in [-0.3, -0.25) is 4.98 Å². The average Bonchev–Trinajstić information content (AvgIpc) is 3.72. The highest BCUT2D eigenvalue weighted by Gasteiger charge is 2.47. The Morgan fingerprint density at radius 2 is 0.910 bits per heavy atom. The predicted molar refractivity (Wildman–Crippen MR) is 270 cm³/mol. The van der Waals surface area contributed by atoms with Gasteiger partial charge in [0.2, 0.25) is 0 Å². The monoisotopic (exact) mass is 853 g/mol. The smallest absolute Gasteiger partial charge is 0.164 e. The topological polar surface area (TPSA) is 75.3 Å². The zero-order chi connectivity index (χ0) is 44.7. The first kappa shape index (κ1) is 39.5. The quantitative estimate of drug-likeness (QED) is 0.152. The Labute approximate surface area is 389 Å². The van der Waals surface area contributed by atoms with Crippen LogP contribution in [0.3, 0.4) is 0 Å². The number of rotatable bonds is 8. The maximum absolute atomic E-state index is 9.91. The van der Waals surface area contributed by atoms with Crippen LogP contribution in [0.15, 0.2) is 237 Å². The molecule has 0 saturated carbocycles. The second-order valence-corrected chi connectivity index (χ2v) is 16.9. The summed E-state index contributed by atoms with van der Waals surface area (Å²) in [4.78, 5) is 20.1. The second-order valence-electron chi connectivity index (χ2n) is 16.9. The van der Waals surface area contributed by atoms with Crippen LogP contribution in [0, 0.1) is 11.3 Å². The van der Waals surface area contributed by atoms with Gasteiger partial charge in [0.15, 0.2) is 17.5 Å². The van der Waals surface area contributed by atoms with Crippen molar-refractivity contribution in [2.45, 2.75) is 5.41 Å². The van der Waals surface area contributed by atoms with Crippen molar-refractivity contribution < 1.29 is 0 Å². The van der Waals surface area contributed by atoms with Crippen LogP contribution in [0.2, 0.25) is 0 Å². The SMILES string of the molecule is N#Cc1ccc(C2(c3ccccc3)c3cc(-c4cc(-c5cccnc5)cc(-c5nc(-c6ccccc6)nc(-c6ccc(-c7ccccc7)cc6)n5)c4)ccc3-c3c2ccc2ccccc32)cc1. The third-order valence-corrected chi connectivity index (χ3v) is 13.1. The van der Waals surface area contributed by atoms with Crippen molar-refractivity contribution in [3.8, 4) is 84.7 Å². The van der Waals surface area contributed by atoms with Crippen molar-refractivity contribution in [1.82, 2.24) is 19.9 Å². The molecule has 5 nitrogen and oxygen atoms in total. The molecular formula is C62H39N5. The van der Waals surface area contributed by atoms with Crippen molar-refractivity contribution >= 4 is 10.8 Å². The molecule has 0 saturated heterocycles. The lowest BCUT2D eigenvalue weighted by Gasteiger charge is -2.34. The van der Waals surface area contributed by atoms with E-state index in [1.54, 1.807) is 6.20 Å². The molecule has 2 heterocycles. The maximum Gasteiger partial charge on any atom is 0.164 e. The van der Waals surface area contributed by atoms with Gasteiger partial charge in [0, 0.05) is 34.6 Å². The van der Waals surface area contributed by atoms with Crippen LogP contribution in [0.25, 0.3) is 89.4 Å². The number of hydrogen-bond acceptors (Lipinski definition) is 5. The van der Waals surface area contributed by atoms with Crippen molar-refractivity contribution in [3.05, 3.63) is 265 Å². The normalized spacial score (nSPS) is 13.7. The van der Waals surface area contributed by atoms with Crippen LogP contribution >= 0.6 is 0 Å². The van der Waals surface area contributed by atoms with Gasteiger partial charge in [-0.15, -0.1) is 0 Å². The Hall–Kier alpha value is -9.11. The fraction of sp³-hybridized carbons (Fsp3) is 0.0161. The molecule has 0 aliphatic heterocycles. The molecule has 0 bridgehead atoms. The molecule has 1 aliphatic carbocycles. The fourth-order valence-electron chi connectivity index (χ4n) is 9.96. The molecule has 1 aliphatic rings. The zero-order valence-corrected chi connectivity index (χ0v) is 36.3. The van der Waals surface area contributed by atoms with E-state index in [0.717, 1.165) is 61.2 Å². The number of nitriles is 1. The maximum atomic E-state index is 9.91. The molecule has 12 rings (SSSR count). The Balaban J connectivity index is 1.08. The third-order valence-electron chi connectivity index (χ3n) is 13.1. The highest BCUT2D eigenvalue weighted by molar-refractivity contribution is 6.04. The Kier molecular flexibility index (Phi) is 9.70. The number of nitrogens with zero attached hydrogens (tertiary/aromatic N) is 5. The molecule has 0 N–H and O–H groups in total. The number of fused-ring (bicyclic) bond motifs is 5. The number of benzene rings is 9. The van der Waals surface area contributed by atoms with Crippen LogP contribution in [0.1, 0.15) is 27.8 Å². The van der Waals surface area contributed by atoms with Crippen molar-refractivity contribution in [1.29, 1.82) is 5.26 Å². The summed E-state index contributed by atoms with van der Waals surface area (Å²) < 4.78 is 0. The molecule has 0 spiro atoms. The zero-order valence-electron chi connectivity index (χ0n) is 36.3. The van der Waals surface area contributed by atoms with E-state index in [-0.39, 0.29) is 0 Å². The lowest BCUT2D eigenvalue weighted by Crippen LogP contribution is -2.28. The molecule has 312 valence electrons. The van der Waals surface area contributed by atoms with Crippen LogP contribution in [-0.4, -0.2) is 19.9 Å². The first-order valence-electron chi connectivity index (χ1n) is 22.4. The summed E-state index contributed by atoms with van der Waals surface area (Å²) in [5.74, 6) is 1.76. The minimum Gasteiger partial charge on any atom is -0.264 e. The first-order chi connectivity index (χ1) is 33.1. The van der Waals surface area contributed by atoms with Gasteiger partial charge in [-0.2, -0.15) is 5.26 Å². The largest absolute Gasteiger partial charge is 0.264 e. The van der Waals surface area contributed by atoms with Crippen LogP contribution < -0.4 is 0 Å². The van der Waals surface area contributed by atoms with Gasteiger partial charge in [-0.25, -0.2) is 15.0 Å². The van der Waals surface area contributed by atoms with E-state index in [9.17, 15) is 5.26 Å². The molecule has 0 amide bonds. The number of hydrogen-bond donors (Lipinski definition) is 0. The molecule has 9 aromatic carbocycles. The Morgan fingerprint density at radius 1 is 0.373 bits per heavy atom. The molecule has 5 heteroatoms. The highest BCUT2D eigenvalue weighted by atomic mass is 15.0. The van der Waals surface area contributed by atoms with Crippen LogP contribution in [0.4, 0.5) is 0 Å². The summed E-state index contributed by atoms with van der Waals surface area (Å²) in [6.07, 6.45) is 3.71. The molecule has 1 atom stereocenters. The van der Waals surface area contributed by atoms with Gasteiger partial charge >= 0.3 is 0 Å². The minimum absolute atomic E-state index is 0.569. The van der Waals surface area contributed by atoms with Crippen molar-refractivity contribution in [2.24, 2.45) is 0 Å². The van der Waals surface area contributed by atoms with Crippen molar-refractivity contribution in [3.63, 3.8) is 0 Å². The number of aromatic nitrogens is 4. The summed E-state index contributed by atoms with van der Waals surface area (Å²) in [6, 6.07) is 81.0. The first-order valence-corrected chi connectivity index (χ1v) is 22.4. The van der Waals surface area contributed by atoms with Gasteiger partial charge in [-0.05, 0) is 114 Å². The second kappa shape index (κ2) is 16.5. The number of pyridine rings is 1. The van der Waals surface area contributed by atoms with Gasteiger partial charge < -0.3 is 0 Å². The summed E-state index contributed by atoms with van der Waals surface area (Å²) in [7, 11) is 0. The van der Waals surface area contributed by atoms with E-state index in [0.29, 0.717) is 23.0 Å². The molecule has 0 fully saturated rings. The molecule has 67 heavy (non-hydrogen) atoms. The lowest BCUT2D eigenvalue weighted by molar-refractivity contribution is 0.769. The standard InChI is InChI=1S/C62H39N5/c63-39-41-22-30-53(31-23-41)62(52-19-8-3-9-20-52)56-33-29-44-15-10-11-21-54(44)58(56)55-32-28-47(38-57(55)62)49-35-50(48-18-12-34-64-40-48)37-51(36-49)61-66-59(45-16-6-2-7-17-45)65-60(67-61)46-26-24-43(25-27-46)42-13-4-1-5-14-42/h1-38,40H. The van der Waals surface area contributed by atoms with E-state index >= 15 is 0 Å². The Morgan fingerprint density at radius 3 is 1.60 bits per heavy atom. The average molecular weight is 854 g/mol. The molecular weight excluding hydrogens is 815 g/mol. The van der Waals surface area contributed by atoms with E-state index in [2.05, 4.69) is 181 Å². The predicted octanol–water partition coefficient (Wildman–Crippen LogP) is 14.7. The van der Waals surface area contributed by atoms with Gasteiger partial charge in [0.05, 0.1) is 17.0 Å². The van der Waals surface area contributed by atoms with E-state index in [1.807, 2.05) is 60.8 Å². The van der Waals surface area contributed by atoms with Crippen molar-refractivity contribution in [2.75, 3.05) is 0 Å². The van der Waals surface area contributed by atoms with Gasteiger partial charge in [-0.1, -0.05) is 182 Å². The summed E-state index contributed by atoms with van der Waals surface area (Å²) >= 11 is 0.